The van der Waals surface area contributed by atoms with Crippen molar-refractivity contribution in [1.29, 1.82) is 0 Å². The normalized spacial score (nSPS) is 8.29. The first-order valence-corrected chi connectivity index (χ1v) is 11.4. The van der Waals surface area contributed by atoms with Crippen molar-refractivity contribution in [1.82, 2.24) is 10.6 Å². The van der Waals surface area contributed by atoms with Gasteiger partial charge < -0.3 is 24.8 Å². The van der Waals surface area contributed by atoms with Crippen LogP contribution in [0, 0.1) is 0 Å². The van der Waals surface area contributed by atoms with Gasteiger partial charge in [0.2, 0.25) is 5.91 Å². The fourth-order valence-electron chi connectivity index (χ4n) is 1.30. The van der Waals surface area contributed by atoms with Gasteiger partial charge in [0.05, 0.1) is 0 Å². The molecule has 0 aromatic carbocycles. The molecule has 0 aliphatic heterocycles. The second kappa shape index (κ2) is 30.8. The second-order valence-corrected chi connectivity index (χ2v) is 6.98. The smallest absolute Gasteiger partial charge is 0.333 e. The van der Waals surface area contributed by atoms with Gasteiger partial charge in [-0.3, -0.25) is 4.79 Å². The Labute approximate surface area is 228 Å². The van der Waals surface area contributed by atoms with Gasteiger partial charge in [0.15, 0.2) is 0 Å². The summed E-state index contributed by atoms with van der Waals surface area (Å²) < 4.78 is 14.0. The van der Waals surface area contributed by atoms with E-state index in [0.29, 0.717) is 36.4 Å². The number of carbonyl (C=O) groups excluding carboxylic acids is 4. The molecule has 0 rings (SSSR count). The van der Waals surface area contributed by atoms with Crippen LogP contribution in [-0.4, -0.2) is 63.3 Å². The molecule has 1 amide bonds. The summed E-state index contributed by atoms with van der Waals surface area (Å²) >= 11 is 0. The number of carbonyl (C=O) groups is 4. The van der Waals surface area contributed by atoms with E-state index in [0.717, 1.165) is 6.54 Å². The summed E-state index contributed by atoms with van der Waals surface area (Å²) in [6.45, 7) is 34.8. The Hall–Kier alpha value is -4.24. The Morgan fingerprint density at radius 1 is 0.632 bits per heavy atom. The van der Waals surface area contributed by atoms with E-state index >= 15 is 0 Å². The summed E-state index contributed by atoms with van der Waals surface area (Å²) in [4.78, 5) is 42.2. The first-order valence-electron chi connectivity index (χ1n) is 11.4. The molecular weight excluding hydrogens is 488 g/mol. The monoisotopic (exact) mass is 532 g/mol. The molecule has 0 heterocycles. The lowest BCUT2D eigenvalue weighted by atomic mass is 10.4. The van der Waals surface area contributed by atoms with Gasteiger partial charge in [-0.2, -0.15) is 0 Å². The minimum Gasteiger partial charge on any atom is -0.461 e. The van der Waals surface area contributed by atoms with Crippen molar-refractivity contribution in [2.45, 2.75) is 20.8 Å². The molecule has 0 spiro atoms. The quantitative estimate of drug-likeness (QED) is 0.107. The fourth-order valence-corrected chi connectivity index (χ4v) is 1.30. The topological polar surface area (TPSA) is 120 Å². The zero-order valence-corrected chi connectivity index (χ0v) is 23.1. The minimum atomic E-state index is -0.366. The molecule has 212 valence electrons. The van der Waals surface area contributed by atoms with Gasteiger partial charge in [-0.1, -0.05) is 63.8 Å². The summed E-state index contributed by atoms with van der Waals surface area (Å²) in [5.74, 6) is -1.23. The van der Waals surface area contributed by atoms with Crippen LogP contribution in [0.4, 0.5) is 0 Å². The molecule has 0 atom stereocenters. The van der Waals surface area contributed by atoms with Crippen LogP contribution in [0.15, 0.2) is 99.7 Å². The zero-order valence-electron chi connectivity index (χ0n) is 23.1. The van der Waals surface area contributed by atoms with E-state index < -0.39 is 0 Å². The number of ether oxygens (including phenoxy) is 3. The number of nitrogens with one attached hydrogen (secondary N) is 2. The van der Waals surface area contributed by atoms with E-state index in [4.69, 9.17) is 4.74 Å². The lowest BCUT2D eigenvalue weighted by molar-refractivity contribution is -0.139. The highest BCUT2D eigenvalue weighted by atomic mass is 16.5. The van der Waals surface area contributed by atoms with E-state index in [-0.39, 0.29) is 37.0 Å². The molecule has 0 aliphatic carbocycles. The summed E-state index contributed by atoms with van der Waals surface area (Å²) in [6, 6.07) is 0. The summed E-state index contributed by atoms with van der Waals surface area (Å²) in [5.41, 5.74) is 1.26. The molecule has 38 heavy (non-hydrogen) atoms. The molecule has 0 radical (unpaired) electrons. The third-order valence-electron chi connectivity index (χ3n) is 3.12. The zero-order chi connectivity index (χ0) is 30.4. The maximum atomic E-state index is 10.8. The van der Waals surface area contributed by atoms with Crippen LogP contribution in [0.3, 0.4) is 0 Å². The van der Waals surface area contributed by atoms with Gasteiger partial charge >= 0.3 is 17.9 Å². The van der Waals surface area contributed by atoms with Crippen molar-refractivity contribution in [3.63, 3.8) is 0 Å². The van der Waals surface area contributed by atoms with E-state index in [1.165, 1.54) is 18.2 Å². The first kappa shape index (κ1) is 40.9. The van der Waals surface area contributed by atoms with Crippen molar-refractivity contribution in [2.24, 2.45) is 0 Å². The van der Waals surface area contributed by atoms with Gasteiger partial charge in [-0.05, 0) is 26.8 Å². The Morgan fingerprint density at radius 3 is 1.34 bits per heavy atom. The third-order valence-corrected chi connectivity index (χ3v) is 3.12. The van der Waals surface area contributed by atoms with Crippen LogP contribution in [0.2, 0.25) is 0 Å². The standard InChI is InChI=1S/C9H15NO2.2C7H10O2.C6H9NO/c1-4-5-10-6-7-12-9(11)8(2)3;2*1-4-5-9-7(8)6(2)3;1-3-5-7-6(8)4-2/h4,10H,1-2,5-7H2,3H3;2*4H,1-2,5H2,3H3;3-4H,1-2,5H2,(H,7,8). The fraction of sp³-hybridized carbons (Fsp3) is 0.310. The van der Waals surface area contributed by atoms with Gasteiger partial charge in [-0.15, -0.1) is 13.2 Å². The van der Waals surface area contributed by atoms with E-state index in [1.807, 2.05) is 0 Å². The van der Waals surface area contributed by atoms with Crippen LogP contribution in [0.1, 0.15) is 20.8 Å². The summed E-state index contributed by atoms with van der Waals surface area (Å²) in [5, 5.41) is 5.51. The molecule has 9 heteroatoms. The molecule has 0 saturated heterocycles. The SMILES string of the molecule is C=CCNC(=O)C=C.C=CCNCCOC(=O)C(=C)C.C=CCOC(=O)C(=C)C.C=CCOC(=O)C(=C)C. The molecule has 9 nitrogen and oxygen atoms in total. The maximum absolute atomic E-state index is 10.8. The Morgan fingerprint density at radius 2 is 1.03 bits per heavy atom. The molecule has 0 bridgehead atoms. The lowest BCUT2D eigenvalue weighted by Gasteiger charge is -2.03. The van der Waals surface area contributed by atoms with E-state index in [2.05, 4.69) is 72.7 Å². The van der Waals surface area contributed by atoms with Crippen molar-refractivity contribution in [3.05, 3.63) is 99.7 Å². The van der Waals surface area contributed by atoms with Crippen molar-refractivity contribution in [3.8, 4) is 0 Å². The van der Waals surface area contributed by atoms with Crippen molar-refractivity contribution < 1.29 is 33.4 Å². The number of hydrogen-bond acceptors (Lipinski definition) is 8. The summed E-state index contributed by atoms with van der Waals surface area (Å²) in [6.07, 6.45) is 7.62. The van der Waals surface area contributed by atoms with Crippen LogP contribution in [0.25, 0.3) is 0 Å². The molecule has 0 unspecified atom stereocenters. The van der Waals surface area contributed by atoms with Crippen LogP contribution in [0.5, 0.6) is 0 Å². The summed E-state index contributed by atoms with van der Waals surface area (Å²) in [7, 11) is 0. The molecule has 2 N–H and O–H groups in total. The molecule has 0 saturated carbocycles. The molecule has 0 aromatic heterocycles. The minimum absolute atomic E-state index is 0.162. The van der Waals surface area contributed by atoms with E-state index in [1.54, 1.807) is 32.9 Å². The molecule has 0 fully saturated rings. The predicted molar refractivity (Wildman–Crippen MR) is 154 cm³/mol. The highest BCUT2D eigenvalue weighted by molar-refractivity contribution is 5.88. The Balaban J connectivity index is -0.000000205. The number of esters is 3. The lowest BCUT2D eigenvalue weighted by Crippen LogP contribution is -2.21. The van der Waals surface area contributed by atoms with Crippen LogP contribution >= 0.6 is 0 Å². The number of rotatable bonds is 15. The van der Waals surface area contributed by atoms with Crippen molar-refractivity contribution >= 4 is 23.8 Å². The van der Waals surface area contributed by atoms with Crippen LogP contribution < -0.4 is 10.6 Å². The van der Waals surface area contributed by atoms with Gasteiger partial charge in [0.25, 0.3) is 0 Å². The van der Waals surface area contributed by atoms with Gasteiger partial charge in [0.1, 0.15) is 19.8 Å². The third kappa shape index (κ3) is 36.3. The Kier molecular flexibility index (Phi) is 33.1. The molecule has 0 aliphatic rings. The Bertz CT molecular complexity index is 793. The number of hydrogen-bond donors (Lipinski definition) is 2. The van der Waals surface area contributed by atoms with Crippen molar-refractivity contribution in [2.75, 3.05) is 39.5 Å². The first-order chi connectivity index (χ1) is 17.9. The highest BCUT2D eigenvalue weighted by Gasteiger charge is 2.01. The van der Waals surface area contributed by atoms with E-state index in [9.17, 15) is 19.2 Å². The van der Waals surface area contributed by atoms with Gasteiger partial charge in [0, 0.05) is 36.4 Å². The highest BCUT2D eigenvalue weighted by Crippen LogP contribution is 1.91. The average molecular weight is 533 g/mol. The van der Waals surface area contributed by atoms with Gasteiger partial charge in [-0.25, -0.2) is 14.4 Å². The van der Waals surface area contributed by atoms with Crippen LogP contribution in [-0.2, 0) is 33.4 Å². The molecular formula is C29H44N2O7. The molecule has 0 aromatic rings. The second-order valence-electron chi connectivity index (χ2n) is 6.98. The average Bonchev–Trinajstić information content (AvgIpc) is 2.89. The number of amides is 1. The predicted octanol–water partition coefficient (Wildman–Crippen LogP) is 3.94. The largest absolute Gasteiger partial charge is 0.461 e. The maximum Gasteiger partial charge on any atom is 0.333 e.